The monoisotopic (exact) mass is 488 g/mol. The highest BCUT2D eigenvalue weighted by atomic mass is 16.2. The van der Waals surface area contributed by atoms with Gasteiger partial charge >= 0.3 is 0 Å². The molecule has 1 heterocycles. The zero-order valence-corrected chi connectivity index (χ0v) is 19.8. The van der Waals surface area contributed by atoms with Crippen LogP contribution in [-0.4, -0.2) is 67.3 Å². The Balaban J connectivity index is 2.21. The molecule has 0 saturated carbocycles. The maximum absolute atomic E-state index is 13.1. The van der Waals surface area contributed by atoms with Gasteiger partial charge in [-0.05, 0) is 44.2 Å². The number of nitrogens with zero attached hydrogens (tertiary/aromatic N) is 1. The summed E-state index contributed by atoms with van der Waals surface area (Å²) in [7, 11) is 0. The van der Waals surface area contributed by atoms with E-state index >= 15 is 0 Å². The fourth-order valence-electron chi connectivity index (χ4n) is 3.67. The van der Waals surface area contributed by atoms with Crippen molar-refractivity contribution in [2.24, 2.45) is 22.2 Å². The predicted molar refractivity (Wildman–Crippen MR) is 132 cm³/mol. The zero-order valence-electron chi connectivity index (χ0n) is 19.8. The summed E-state index contributed by atoms with van der Waals surface area (Å²) in [4.78, 5) is 55.4. The summed E-state index contributed by atoms with van der Waals surface area (Å²) in [5.41, 5.74) is 17.1. The number of nitrogens with one attached hydrogen (secondary N) is 4. The lowest BCUT2D eigenvalue weighted by atomic mass is 10.0. The molecule has 12 nitrogen and oxygen atoms in total. The van der Waals surface area contributed by atoms with Crippen molar-refractivity contribution in [2.75, 3.05) is 19.6 Å². The first-order valence-electron chi connectivity index (χ1n) is 11.8. The molecule has 192 valence electrons. The average molecular weight is 489 g/mol. The van der Waals surface area contributed by atoms with E-state index in [-0.39, 0.29) is 31.9 Å². The molecule has 1 aromatic rings. The summed E-state index contributed by atoms with van der Waals surface area (Å²) in [5, 5.41) is 10.7. The normalized spacial score (nSPS) is 21.5. The van der Waals surface area contributed by atoms with Crippen LogP contribution in [0.5, 0.6) is 0 Å². The lowest BCUT2D eigenvalue weighted by Crippen LogP contribution is -2.59. The molecule has 1 saturated heterocycles. The molecule has 4 amide bonds. The van der Waals surface area contributed by atoms with Gasteiger partial charge in [0.05, 0.1) is 6.54 Å². The number of nitrogens with two attached hydrogens (primary N) is 3. The van der Waals surface area contributed by atoms with E-state index in [0.717, 1.165) is 5.56 Å². The minimum atomic E-state index is -0.919. The molecule has 1 aliphatic heterocycles. The van der Waals surface area contributed by atoms with Crippen LogP contribution in [0.4, 0.5) is 0 Å². The Morgan fingerprint density at radius 1 is 0.829 bits per heavy atom. The predicted octanol–water partition coefficient (Wildman–Crippen LogP) is -2.00. The minimum Gasteiger partial charge on any atom is -0.370 e. The fraction of sp³-hybridized carbons (Fsp3) is 0.522. The highest BCUT2D eigenvalue weighted by molar-refractivity contribution is 5.96. The van der Waals surface area contributed by atoms with Crippen LogP contribution < -0.4 is 38.5 Å². The van der Waals surface area contributed by atoms with Gasteiger partial charge in [-0.15, -0.1) is 0 Å². The molecule has 0 spiro atoms. The van der Waals surface area contributed by atoms with Gasteiger partial charge in [0.1, 0.15) is 18.1 Å². The third kappa shape index (κ3) is 10.0. The van der Waals surface area contributed by atoms with Crippen molar-refractivity contribution in [3.05, 3.63) is 35.9 Å². The molecule has 0 aliphatic carbocycles. The molecule has 3 atom stereocenters. The van der Waals surface area contributed by atoms with Gasteiger partial charge in [0.2, 0.25) is 23.6 Å². The van der Waals surface area contributed by atoms with Crippen LogP contribution in [-0.2, 0) is 25.6 Å². The number of benzene rings is 1. The van der Waals surface area contributed by atoms with E-state index in [4.69, 9.17) is 17.2 Å². The number of carbonyl (C=O) groups excluding carboxylic acids is 4. The summed E-state index contributed by atoms with van der Waals surface area (Å²) in [6.07, 6.45) is 2.51. The molecule has 35 heavy (non-hydrogen) atoms. The summed E-state index contributed by atoms with van der Waals surface area (Å²) in [6, 6.07) is 6.48. The zero-order chi connectivity index (χ0) is 25.6. The Morgan fingerprint density at radius 2 is 1.46 bits per heavy atom. The van der Waals surface area contributed by atoms with Gasteiger partial charge < -0.3 is 38.5 Å². The standard InChI is InChI=1S/C23H36N8O4/c24-11-5-4-9-17-21(34)30-16(10-6-12-27-23(25)26)20(33)28-14-19(32)29-18(22(35)31-17)13-15-7-2-1-3-8-15/h1-3,7-8,16-18H,4-6,9-14,24H2,(H,28,33)(H,29,32)(H,30,34)(H,31,35)(H4,25,26,27)/t16-,17-,18+/m0/s1. The fourth-order valence-corrected chi connectivity index (χ4v) is 3.67. The molecule has 1 fully saturated rings. The van der Waals surface area contributed by atoms with E-state index in [1.807, 2.05) is 30.3 Å². The van der Waals surface area contributed by atoms with Crippen molar-refractivity contribution in [3.63, 3.8) is 0 Å². The molecule has 1 aromatic carbocycles. The number of rotatable bonds is 10. The van der Waals surface area contributed by atoms with Gasteiger partial charge in [-0.1, -0.05) is 30.3 Å². The quantitative estimate of drug-likeness (QED) is 0.112. The Labute approximate surface area is 204 Å². The maximum Gasteiger partial charge on any atom is 0.243 e. The van der Waals surface area contributed by atoms with Crippen molar-refractivity contribution >= 4 is 29.6 Å². The van der Waals surface area contributed by atoms with Crippen LogP contribution in [0.3, 0.4) is 0 Å². The van der Waals surface area contributed by atoms with Crippen molar-refractivity contribution in [3.8, 4) is 0 Å². The van der Waals surface area contributed by atoms with Crippen LogP contribution in [0.1, 0.15) is 37.7 Å². The summed E-state index contributed by atoms with van der Waals surface area (Å²) >= 11 is 0. The van der Waals surface area contributed by atoms with Crippen LogP contribution in [0, 0.1) is 0 Å². The molecular formula is C23H36N8O4. The highest BCUT2D eigenvalue weighted by Gasteiger charge is 2.30. The summed E-state index contributed by atoms with van der Waals surface area (Å²) in [5.74, 6) is -2.05. The number of guanidine groups is 1. The van der Waals surface area contributed by atoms with Gasteiger partial charge in [0, 0.05) is 13.0 Å². The van der Waals surface area contributed by atoms with Crippen molar-refractivity contribution in [1.82, 2.24) is 21.3 Å². The number of carbonyl (C=O) groups is 4. The second-order valence-corrected chi connectivity index (χ2v) is 8.38. The van der Waals surface area contributed by atoms with E-state index in [1.54, 1.807) is 0 Å². The van der Waals surface area contributed by atoms with Crippen molar-refractivity contribution in [2.45, 2.75) is 56.7 Å². The second kappa shape index (κ2) is 14.6. The third-order valence-corrected chi connectivity index (χ3v) is 5.52. The second-order valence-electron chi connectivity index (χ2n) is 8.38. The Morgan fingerprint density at radius 3 is 2.11 bits per heavy atom. The Hall–Kier alpha value is -3.67. The number of aliphatic imine (C=N–C) groups is 1. The van der Waals surface area contributed by atoms with Crippen LogP contribution in [0.15, 0.2) is 35.3 Å². The maximum atomic E-state index is 13.1. The molecule has 12 heteroatoms. The summed E-state index contributed by atoms with van der Waals surface area (Å²) in [6.45, 7) is 0.392. The van der Waals surface area contributed by atoms with Crippen LogP contribution >= 0.6 is 0 Å². The number of unbranched alkanes of at least 4 members (excludes halogenated alkanes) is 1. The summed E-state index contributed by atoms with van der Waals surface area (Å²) < 4.78 is 0. The number of hydrogen-bond donors (Lipinski definition) is 7. The van der Waals surface area contributed by atoms with Gasteiger partial charge in [-0.2, -0.15) is 0 Å². The molecule has 0 radical (unpaired) electrons. The van der Waals surface area contributed by atoms with E-state index in [1.165, 1.54) is 0 Å². The molecule has 0 bridgehead atoms. The molecule has 2 rings (SSSR count). The van der Waals surface area contributed by atoms with Gasteiger partial charge in [-0.25, -0.2) is 0 Å². The smallest absolute Gasteiger partial charge is 0.243 e. The van der Waals surface area contributed by atoms with Crippen LogP contribution in [0.25, 0.3) is 0 Å². The van der Waals surface area contributed by atoms with Gasteiger partial charge in [0.15, 0.2) is 5.96 Å². The molecule has 10 N–H and O–H groups in total. The first kappa shape index (κ1) is 27.6. The van der Waals surface area contributed by atoms with E-state index < -0.39 is 41.8 Å². The lowest BCUT2D eigenvalue weighted by Gasteiger charge is -2.27. The van der Waals surface area contributed by atoms with Crippen LogP contribution in [0.2, 0.25) is 0 Å². The largest absolute Gasteiger partial charge is 0.370 e. The van der Waals surface area contributed by atoms with E-state index in [9.17, 15) is 19.2 Å². The van der Waals surface area contributed by atoms with Crippen molar-refractivity contribution < 1.29 is 19.2 Å². The van der Waals surface area contributed by atoms with E-state index in [2.05, 4.69) is 26.3 Å². The van der Waals surface area contributed by atoms with E-state index in [0.29, 0.717) is 32.2 Å². The molecule has 1 aliphatic rings. The Kier molecular flexibility index (Phi) is 11.5. The SMILES string of the molecule is NCCCC[C@@H]1NC(=O)[C@@H](Cc2ccccc2)NC(=O)CNC(=O)[C@H](CCCN=C(N)N)NC1=O. The topological polar surface area (TPSA) is 207 Å². The molecular weight excluding hydrogens is 452 g/mol. The minimum absolute atomic E-state index is 0.0680. The molecule has 0 unspecified atom stereocenters. The van der Waals surface area contributed by atoms with Gasteiger partial charge in [0.25, 0.3) is 0 Å². The first-order valence-corrected chi connectivity index (χ1v) is 11.8. The third-order valence-electron chi connectivity index (χ3n) is 5.52. The highest BCUT2D eigenvalue weighted by Crippen LogP contribution is 2.08. The number of amides is 4. The number of hydrogen-bond acceptors (Lipinski definition) is 6. The van der Waals surface area contributed by atoms with Crippen molar-refractivity contribution in [1.29, 1.82) is 0 Å². The Bertz CT molecular complexity index is 889. The average Bonchev–Trinajstić information content (AvgIpc) is 2.83. The first-order chi connectivity index (χ1) is 16.8. The molecule has 0 aromatic heterocycles. The van der Waals surface area contributed by atoms with Gasteiger partial charge in [-0.3, -0.25) is 24.2 Å². The lowest BCUT2D eigenvalue weighted by molar-refractivity contribution is -0.135.